The number of fused-ring (bicyclic) bond motifs is 2. The first-order chi connectivity index (χ1) is 18.0. The molecule has 0 saturated carbocycles. The summed E-state index contributed by atoms with van der Waals surface area (Å²) < 4.78 is 14.6. The number of pyridine rings is 3. The predicted molar refractivity (Wildman–Crippen MR) is 141 cm³/mol. The number of halogens is 1. The minimum atomic E-state index is -0.292. The quantitative estimate of drug-likeness (QED) is 0.275. The lowest BCUT2D eigenvalue weighted by Gasteiger charge is -2.08. The van der Waals surface area contributed by atoms with Crippen LogP contribution in [0.5, 0.6) is 0 Å². The third-order valence-corrected chi connectivity index (χ3v) is 6.22. The molecule has 0 unspecified atom stereocenters. The highest BCUT2D eigenvalue weighted by Crippen LogP contribution is 2.35. The first kappa shape index (κ1) is 22.5. The fraction of sp³-hybridized carbons (Fsp3) is 0.107. The molecule has 0 bridgehead atoms. The third kappa shape index (κ3) is 4.10. The van der Waals surface area contributed by atoms with Crippen molar-refractivity contribution in [1.29, 1.82) is 0 Å². The molecule has 0 spiro atoms. The molecule has 1 amide bonds. The van der Waals surface area contributed by atoms with Crippen LogP contribution in [-0.2, 0) is 4.79 Å². The molecule has 3 N–H and O–H groups in total. The van der Waals surface area contributed by atoms with Crippen LogP contribution in [0, 0.1) is 11.7 Å². The number of anilines is 1. The number of amides is 1. The van der Waals surface area contributed by atoms with Crippen LogP contribution in [0.15, 0.2) is 73.3 Å². The van der Waals surface area contributed by atoms with Crippen molar-refractivity contribution < 1.29 is 9.18 Å². The maximum atomic E-state index is 14.6. The van der Waals surface area contributed by atoms with E-state index in [2.05, 4.69) is 35.5 Å². The average molecular weight is 492 g/mol. The Labute approximate surface area is 211 Å². The monoisotopic (exact) mass is 491 g/mol. The van der Waals surface area contributed by atoms with E-state index >= 15 is 0 Å². The molecule has 9 heteroatoms. The van der Waals surface area contributed by atoms with E-state index < -0.39 is 0 Å². The van der Waals surface area contributed by atoms with Gasteiger partial charge < -0.3 is 10.3 Å². The molecule has 0 saturated heterocycles. The second kappa shape index (κ2) is 8.94. The van der Waals surface area contributed by atoms with Crippen LogP contribution in [-0.4, -0.2) is 36.0 Å². The molecule has 6 rings (SSSR count). The van der Waals surface area contributed by atoms with Crippen molar-refractivity contribution in [3.8, 4) is 33.8 Å². The van der Waals surface area contributed by atoms with Crippen molar-refractivity contribution in [2.45, 2.75) is 13.8 Å². The Bertz CT molecular complexity index is 1790. The Kier molecular flexibility index (Phi) is 5.45. The van der Waals surface area contributed by atoms with E-state index in [9.17, 15) is 9.18 Å². The number of rotatable bonds is 5. The molecule has 0 fully saturated rings. The minimum Gasteiger partial charge on any atom is -0.338 e. The lowest BCUT2D eigenvalue weighted by atomic mass is 10.0. The zero-order chi connectivity index (χ0) is 25.5. The summed E-state index contributed by atoms with van der Waals surface area (Å²) in [5, 5.41) is 12.1. The number of aromatic amines is 2. The van der Waals surface area contributed by atoms with Crippen LogP contribution in [0.3, 0.4) is 0 Å². The van der Waals surface area contributed by atoms with Crippen molar-refractivity contribution in [2.24, 2.45) is 5.92 Å². The van der Waals surface area contributed by atoms with Gasteiger partial charge in [0.2, 0.25) is 5.91 Å². The van der Waals surface area contributed by atoms with Gasteiger partial charge in [-0.15, -0.1) is 0 Å². The van der Waals surface area contributed by atoms with Crippen molar-refractivity contribution >= 4 is 33.5 Å². The molecule has 8 nitrogen and oxygen atoms in total. The minimum absolute atomic E-state index is 0.0818. The molecular formula is C28H22FN7O. The highest BCUT2D eigenvalue weighted by Gasteiger charge is 2.17. The van der Waals surface area contributed by atoms with E-state index in [1.54, 1.807) is 43.0 Å². The molecule has 6 aromatic rings. The molecule has 37 heavy (non-hydrogen) atoms. The van der Waals surface area contributed by atoms with Crippen LogP contribution >= 0.6 is 0 Å². The van der Waals surface area contributed by atoms with E-state index in [1.807, 2.05) is 38.1 Å². The zero-order valence-corrected chi connectivity index (χ0v) is 20.1. The van der Waals surface area contributed by atoms with Crippen molar-refractivity contribution in [2.75, 3.05) is 5.32 Å². The molecule has 0 atom stereocenters. The van der Waals surface area contributed by atoms with E-state index in [-0.39, 0.29) is 17.6 Å². The van der Waals surface area contributed by atoms with E-state index in [4.69, 9.17) is 0 Å². The standard InChI is InChI=1S/C28H22FN7O/c1-15(2)28(37)33-17-9-16(12-30-13-17)23-11-21-25(14-32-23)35-36-26(21)24-10-20-18(7-8-31-27(20)34-24)19-5-3-4-6-22(19)29/h3-15H,1-2H3,(H,31,34)(H,33,37)(H,35,36). The predicted octanol–water partition coefficient (Wildman–Crippen LogP) is 5.96. The number of H-pyrrole nitrogens is 2. The van der Waals surface area contributed by atoms with Crippen LogP contribution in [0.1, 0.15) is 13.8 Å². The van der Waals surface area contributed by atoms with Gasteiger partial charge >= 0.3 is 0 Å². The van der Waals surface area contributed by atoms with Gasteiger partial charge in [0.15, 0.2) is 0 Å². The summed E-state index contributed by atoms with van der Waals surface area (Å²) >= 11 is 0. The molecule has 0 radical (unpaired) electrons. The van der Waals surface area contributed by atoms with Crippen LogP contribution < -0.4 is 5.32 Å². The SMILES string of the molecule is CC(C)C(=O)Nc1cncc(-c2cc3c(-c4cc5c(-c6ccccc6F)ccnc5[nH]4)n[nH]c3cn2)c1. The summed E-state index contributed by atoms with van der Waals surface area (Å²) in [4.78, 5) is 28.7. The molecule has 0 aliphatic heterocycles. The number of carbonyl (C=O) groups excluding carboxylic acids is 1. The molecule has 1 aromatic carbocycles. The Morgan fingerprint density at radius 1 is 0.973 bits per heavy atom. The van der Waals surface area contributed by atoms with Gasteiger partial charge in [-0.25, -0.2) is 9.37 Å². The average Bonchev–Trinajstić information content (AvgIpc) is 3.53. The first-order valence-corrected chi connectivity index (χ1v) is 11.8. The summed E-state index contributed by atoms with van der Waals surface area (Å²) in [6.45, 7) is 3.67. The van der Waals surface area contributed by atoms with Gasteiger partial charge in [0, 0.05) is 40.2 Å². The molecule has 0 aliphatic rings. The Morgan fingerprint density at radius 3 is 2.68 bits per heavy atom. The number of nitrogens with zero attached hydrogens (tertiary/aromatic N) is 4. The van der Waals surface area contributed by atoms with Gasteiger partial charge in [-0.3, -0.25) is 19.9 Å². The third-order valence-electron chi connectivity index (χ3n) is 6.22. The summed E-state index contributed by atoms with van der Waals surface area (Å²) in [6, 6.07) is 14.2. The lowest BCUT2D eigenvalue weighted by molar-refractivity contribution is -0.118. The van der Waals surface area contributed by atoms with E-state index in [1.165, 1.54) is 6.07 Å². The number of aromatic nitrogens is 6. The molecule has 182 valence electrons. The highest BCUT2D eigenvalue weighted by molar-refractivity contribution is 6.00. The zero-order valence-electron chi connectivity index (χ0n) is 20.1. The topological polar surface area (TPSA) is 112 Å². The summed E-state index contributed by atoms with van der Waals surface area (Å²) in [5.41, 5.74) is 6.14. The van der Waals surface area contributed by atoms with Crippen molar-refractivity contribution in [3.05, 3.63) is 79.1 Å². The van der Waals surface area contributed by atoms with Gasteiger partial charge in [-0.2, -0.15) is 5.10 Å². The normalized spacial score (nSPS) is 11.5. The number of carbonyl (C=O) groups is 1. The fourth-order valence-electron chi connectivity index (χ4n) is 4.28. The smallest absolute Gasteiger partial charge is 0.226 e. The Morgan fingerprint density at radius 2 is 1.84 bits per heavy atom. The van der Waals surface area contributed by atoms with Gasteiger partial charge in [0.05, 0.1) is 35.0 Å². The second-order valence-electron chi connectivity index (χ2n) is 9.08. The number of hydrogen-bond acceptors (Lipinski definition) is 5. The van der Waals surface area contributed by atoms with Crippen LogP contribution in [0.2, 0.25) is 0 Å². The summed E-state index contributed by atoms with van der Waals surface area (Å²) in [6.07, 6.45) is 6.68. The van der Waals surface area contributed by atoms with Gasteiger partial charge in [0.25, 0.3) is 0 Å². The molecule has 5 heterocycles. The molecule has 0 aliphatic carbocycles. The summed E-state index contributed by atoms with van der Waals surface area (Å²) in [7, 11) is 0. The molecule has 5 aromatic heterocycles. The fourth-order valence-corrected chi connectivity index (χ4v) is 4.28. The maximum Gasteiger partial charge on any atom is 0.226 e. The van der Waals surface area contributed by atoms with E-state index in [0.29, 0.717) is 28.3 Å². The van der Waals surface area contributed by atoms with Crippen LogP contribution in [0.25, 0.3) is 55.7 Å². The van der Waals surface area contributed by atoms with Crippen LogP contribution in [0.4, 0.5) is 10.1 Å². The lowest BCUT2D eigenvalue weighted by Crippen LogP contribution is -2.17. The Hall–Kier alpha value is -4.92. The second-order valence-corrected chi connectivity index (χ2v) is 9.08. The highest BCUT2D eigenvalue weighted by atomic mass is 19.1. The van der Waals surface area contributed by atoms with Crippen molar-refractivity contribution in [1.82, 2.24) is 30.1 Å². The largest absolute Gasteiger partial charge is 0.338 e. The van der Waals surface area contributed by atoms with E-state index in [0.717, 1.165) is 33.1 Å². The molecular weight excluding hydrogens is 469 g/mol. The van der Waals surface area contributed by atoms with Gasteiger partial charge in [-0.1, -0.05) is 32.0 Å². The van der Waals surface area contributed by atoms with Crippen molar-refractivity contribution in [3.63, 3.8) is 0 Å². The van der Waals surface area contributed by atoms with Gasteiger partial charge in [0.1, 0.15) is 17.2 Å². The number of benzene rings is 1. The number of hydrogen-bond donors (Lipinski definition) is 3. The number of nitrogens with one attached hydrogen (secondary N) is 3. The summed E-state index contributed by atoms with van der Waals surface area (Å²) in [5.74, 6) is -0.517. The van der Waals surface area contributed by atoms with Gasteiger partial charge in [-0.05, 0) is 35.9 Å². The maximum absolute atomic E-state index is 14.6. The first-order valence-electron chi connectivity index (χ1n) is 11.8. The Balaban J connectivity index is 1.42.